The molecule has 1 aliphatic rings. The van der Waals surface area contributed by atoms with Gasteiger partial charge in [-0.15, -0.1) is 0 Å². The molecular formula is C13H19ClN2O. The summed E-state index contributed by atoms with van der Waals surface area (Å²) in [6, 6.07) is 7.66. The molecule has 1 fully saturated rings. The minimum Gasteiger partial charge on any atom is -0.492 e. The first-order valence-electron chi connectivity index (χ1n) is 6.14. The minimum absolute atomic E-state index is 0.244. The summed E-state index contributed by atoms with van der Waals surface area (Å²) in [5.74, 6) is 7.08. The van der Waals surface area contributed by atoms with Gasteiger partial charge >= 0.3 is 0 Å². The monoisotopic (exact) mass is 254 g/mol. The van der Waals surface area contributed by atoms with E-state index in [1.165, 1.54) is 25.7 Å². The Morgan fingerprint density at radius 1 is 1.29 bits per heavy atom. The summed E-state index contributed by atoms with van der Waals surface area (Å²) in [6.45, 7) is 0.614. The fourth-order valence-corrected chi connectivity index (χ4v) is 2.52. The van der Waals surface area contributed by atoms with Gasteiger partial charge in [0.05, 0.1) is 6.04 Å². The van der Waals surface area contributed by atoms with Crippen LogP contribution in [0.1, 0.15) is 25.7 Å². The van der Waals surface area contributed by atoms with Gasteiger partial charge in [-0.05, 0) is 43.0 Å². The number of benzene rings is 1. The van der Waals surface area contributed by atoms with Crippen LogP contribution in [0.4, 0.5) is 0 Å². The number of rotatable bonds is 5. The molecule has 3 nitrogen and oxygen atoms in total. The van der Waals surface area contributed by atoms with Gasteiger partial charge in [-0.3, -0.25) is 11.3 Å². The lowest BCUT2D eigenvalue weighted by molar-refractivity contribution is 0.218. The zero-order valence-corrected chi connectivity index (χ0v) is 10.6. The van der Waals surface area contributed by atoms with Gasteiger partial charge < -0.3 is 4.74 Å². The van der Waals surface area contributed by atoms with Crippen molar-refractivity contribution in [3.05, 3.63) is 29.3 Å². The van der Waals surface area contributed by atoms with Gasteiger partial charge in [0.1, 0.15) is 12.4 Å². The van der Waals surface area contributed by atoms with Crippen LogP contribution in [0.2, 0.25) is 5.02 Å². The Balaban J connectivity index is 1.84. The Morgan fingerprint density at radius 3 is 2.53 bits per heavy atom. The number of hydrogen-bond donors (Lipinski definition) is 2. The maximum Gasteiger partial charge on any atom is 0.119 e. The maximum atomic E-state index is 5.82. The molecule has 3 N–H and O–H groups in total. The largest absolute Gasteiger partial charge is 0.492 e. The topological polar surface area (TPSA) is 47.3 Å². The van der Waals surface area contributed by atoms with Crippen LogP contribution in [0.5, 0.6) is 5.75 Å². The average Bonchev–Trinajstić information content (AvgIpc) is 2.86. The first kappa shape index (κ1) is 12.7. The van der Waals surface area contributed by atoms with Crippen LogP contribution in [-0.2, 0) is 0 Å². The highest BCUT2D eigenvalue weighted by atomic mass is 35.5. The molecule has 0 radical (unpaired) electrons. The molecule has 0 bridgehead atoms. The lowest BCUT2D eigenvalue weighted by Gasteiger charge is -2.22. The zero-order valence-electron chi connectivity index (χ0n) is 9.86. The lowest BCUT2D eigenvalue weighted by Crippen LogP contribution is -2.44. The van der Waals surface area contributed by atoms with Gasteiger partial charge in [0.2, 0.25) is 0 Å². The zero-order chi connectivity index (χ0) is 12.1. The molecule has 4 heteroatoms. The Labute approximate surface area is 107 Å². The Morgan fingerprint density at radius 2 is 1.94 bits per heavy atom. The van der Waals surface area contributed by atoms with E-state index in [0.717, 1.165) is 10.8 Å². The van der Waals surface area contributed by atoms with E-state index in [4.69, 9.17) is 22.2 Å². The van der Waals surface area contributed by atoms with E-state index in [0.29, 0.717) is 12.5 Å². The van der Waals surface area contributed by atoms with Gasteiger partial charge in [-0.1, -0.05) is 24.4 Å². The second kappa shape index (κ2) is 6.24. The minimum atomic E-state index is 0.244. The van der Waals surface area contributed by atoms with Gasteiger partial charge in [0.25, 0.3) is 0 Å². The van der Waals surface area contributed by atoms with Crippen LogP contribution in [0.3, 0.4) is 0 Å². The van der Waals surface area contributed by atoms with Gasteiger partial charge in [0, 0.05) is 5.02 Å². The molecule has 0 saturated heterocycles. The maximum absolute atomic E-state index is 5.82. The molecule has 0 amide bonds. The highest BCUT2D eigenvalue weighted by Crippen LogP contribution is 2.28. The van der Waals surface area contributed by atoms with E-state index in [2.05, 4.69) is 5.43 Å². The SMILES string of the molecule is NNC(COc1ccc(Cl)cc1)C1CCCC1. The smallest absolute Gasteiger partial charge is 0.119 e. The van der Waals surface area contributed by atoms with Crippen LogP contribution < -0.4 is 16.0 Å². The van der Waals surface area contributed by atoms with Crippen LogP contribution in [0.25, 0.3) is 0 Å². The number of hydrazine groups is 1. The summed E-state index contributed by atoms with van der Waals surface area (Å²) in [7, 11) is 0. The van der Waals surface area contributed by atoms with Crippen molar-refractivity contribution < 1.29 is 4.74 Å². The molecule has 17 heavy (non-hydrogen) atoms. The standard InChI is InChI=1S/C13H19ClN2O/c14-11-5-7-12(8-6-11)17-9-13(16-15)10-3-1-2-4-10/h5-8,10,13,16H,1-4,9,15H2. The second-order valence-electron chi connectivity index (χ2n) is 4.58. The summed E-state index contributed by atoms with van der Waals surface area (Å²) >= 11 is 5.82. The van der Waals surface area contributed by atoms with E-state index >= 15 is 0 Å². The van der Waals surface area contributed by atoms with Crippen molar-refractivity contribution in [1.82, 2.24) is 5.43 Å². The molecule has 1 aliphatic carbocycles. The van der Waals surface area contributed by atoms with Crippen LogP contribution in [-0.4, -0.2) is 12.6 Å². The Hall–Kier alpha value is -0.770. The highest BCUT2D eigenvalue weighted by Gasteiger charge is 2.24. The number of ether oxygens (including phenoxy) is 1. The van der Waals surface area contributed by atoms with E-state index < -0.39 is 0 Å². The number of nitrogens with two attached hydrogens (primary N) is 1. The molecule has 0 heterocycles. The fraction of sp³-hybridized carbons (Fsp3) is 0.538. The molecule has 1 atom stereocenters. The summed E-state index contributed by atoms with van der Waals surface area (Å²) in [6.07, 6.45) is 5.12. The Bertz CT molecular complexity index is 336. The van der Waals surface area contributed by atoms with Crippen LogP contribution in [0.15, 0.2) is 24.3 Å². The van der Waals surface area contributed by atoms with Crippen molar-refractivity contribution in [3.8, 4) is 5.75 Å². The Kier molecular flexibility index (Phi) is 4.66. The van der Waals surface area contributed by atoms with E-state index in [1.807, 2.05) is 24.3 Å². The van der Waals surface area contributed by atoms with Gasteiger partial charge in [-0.25, -0.2) is 0 Å². The summed E-state index contributed by atoms with van der Waals surface area (Å²) < 4.78 is 5.73. The number of nitrogens with one attached hydrogen (secondary N) is 1. The van der Waals surface area contributed by atoms with E-state index in [-0.39, 0.29) is 6.04 Å². The first-order valence-corrected chi connectivity index (χ1v) is 6.52. The van der Waals surface area contributed by atoms with Crippen LogP contribution in [0, 0.1) is 5.92 Å². The molecule has 0 spiro atoms. The predicted octanol–water partition coefficient (Wildman–Crippen LogP) is 2.74. The van der Waals surface area contributed by atoms with Gasteiger partial charge in [0.15, 0.2) is 0 Å². The molecular weight excluding hydrogens is 236 g/mol. The van der Waals surface area contributed by atoms with Crippen molar-refractivity contribution >= 4 is 11.6 Å². The van der Waals surface area contributed by atoms with E-state index in [9.17, 15) is 0 Å². The van der Waals surface area contributed by atoms with Gasteiger partial charge in [-0.2, -0.15) is 0 Å². The molecule has 94 valence electrons. The second-order valence-corrected chi connectivity index (χ2v) is 5.02. The number of hydrogen-bond acceptors (Lipinski definition) is 3. The summed E-state index contributed by atoms with van der Waals surface area (Å²) in [5, 5.41) is 0.724. The molecule has 1 aromatic rings. The lowest BCUT2D eigenvalue weighted by atomic mass is 9.99. The fourth-order valence-electron chi connectivity index (χ4n) is 2.40. The number of halogens is 1. The predicted molar refractivity (Wildman–Crippen MR) is 70.0 cm³/mol. The molecule has 0 aliphatic heterocycles. The highest BCUT2D eigenvalue weighted by molar-refractivity contribution is 6.30. The third-order valence-electron chi connectivity index (χ3n) is 3.43. The average molecular weight is 255 g/mol. The third kappa shape index (κ3) is 3.60. The molecule has 0 aromatic heterocycles. The first-order chi connectivity index (χ1) is 8.29. The van der Waals surface area contributed by atoms with Crippen molar-refractivity contribution in [2.75, 3.05) is 6.61 Å². The molecule has 1 aromatic carbocycles. The molecule has 1 unspecified atom stereocenters. The van der Waals surface area contributed by atoms with Crippen molar-refractivity contribution in [2.24, 2.45) is 11.8 Å². The van der Waals surface area contributed by atoms with Crippen LogP contribution >= 0.6 is 11.6 Å². The van der Waals surface area contributed by atoms with E-state index in [1.54, 1.807) is 0 Å². The normalized spacial score (nSPS) is 18.2. The summed E-state index contributed by atoms with van der Waals surface area (Å²) in [5.41, 5.74) is 2.87. The molecule has 2 rings (SSSR count). The van der Waals surface area contributed by atoms with Crippen molar-refractivity contribution in [3.63, 3.8) is 0 Å². The summed E-state index contributed by atoms with van der Waals surface area (Å²) in [4.78, 5) is 0. The quantitative estimate of drug-likeness (QED) is 0.628. The third-order valence-corrected chi connectivity index (χ3v) is 3.68. The molecule has 1 saturated carbocycles. The van der Waals surface area contributed by atoms with Crippen molar-refractivity contribution in [1.29, 1.82) is 0 Å². The van der Waals surface area contributed by atoms with Crippen molar-refractivity contribution in [2.45, 2.75) is 31.7 Å².